The van der Waals surface area contributed by atoms with Crippen LogP contribution in [0.1, 0.15) is 27.8 Å². The normalized spacial score (nSPS) is 11.0. The van der Waals surface area contributed by atoms with Crippen LogP contribution in [-0.2, 0) is 5.75 Å². The summed E-state index contributed by atoms with van der Waals surface area (Å²) in [5.74, 6) is 0.855. The fourth-order valence-electron chi connectivity index (χ4n) is 2.76. The first-order valence-corrected chi connectivity index (χ1v) is 8.57. The van der Waals surface area contributed by atoms with Gasteiger partial charge in [-0.25, -0.2) is 0 Å². The minimum atomic E-state index is 0.816. The molecule has 5 heteroatoms. The van der Waals surface area contributed by atoms with E-state index in [2.05, 4.69) is 79.6 Å². The molecule has 4 nitrogen and oxygen atoms in total. The molecule has 0 amide bonds. The van der Waals surface area contributed by atoms with Gasteiger partial charge in [0.2, 0.25) is 5.16 Å². The molecule has 3 rings (SSSR count). The van der Waals surface area contributed by atoms with E-state index in [0.29, 0.717) is 0 Å². The maximum absolute atomic E-state index is 4.18. The van der Waals surface area contributed by atoms with E-state index >= 15 is 0 Å². The van der Waals surface area contributed by atoms with Gasteiger partial charge in [0.15, 0.2) is 0 Å². The summed E-state index contributed by atoms with van der Waals surface area (Å²) in [5.41, 5.74) is 7.31. The van der Waals surface area contributed by atoms with E-state index in [1.165, 1.54) is 27.8 Å². The molecule has 23 heavy (non-hydrogen) atoms. The lowest BCUT2D eigenvalue weighted by Crippen LogP contribution is -2.02. The minimum Gasteiger partial charge on any atom is -0.187 e. The summed E-state index contributed by atoms with van der Waals surface area (Å²) >= 11 is 1.66. The molecule has 0 atom stereocenters. The summed E-state index contributed by atoms with van der Waals surface area (Å²) in [4.78, 5) is 0. The number of rotatable bonds is 4. The van der Waals surface area contributed by atoms with Crippen LogP contribution in [0.3, 0.4) is 0 Å². The number of aromatic nitrogens is 4. The second-order valence-electron chi connectivity index (χ2n) is 5.95. The molecule has 0 fully saturated rings. The van der Waals surface area contributed by atoms with Crippen molar-refractivity contribution in [3.63, 3.8) is 0 Å². The molecular weight excluding hydrogens is 304 g/mol. The Morgan fingerprint density at radius 1 is 0.913 bits per heavy atom. The molecule has 1 heterocycles. The summed E-state index contributed by atoms with van der Waals surface area (Å²) in [6.07, 6.45) is 0. The summed E-state index contributed by atoms with van der Waals surface area (Å²) in [5, 5.41) is 13.0. The van der Waals surface area contributed by atoms with Crippen molar-refractivity contribution >= 4 is 11.8 Å². The van der Waals surface area contributed by atoms with Crippen molar-refractivity contribution in [3.05, 3.63) is 64.2 Å². The molecule has 0 aliphatic rings. The van der Waals surface area contributed by atoms with Crippen molar-refractivity contribution in [2.75, 3.05) is 0 Å². The van der Waals surface area contributed by atoms with Gasteiger partial charge in [0.25, 0.3) is 0 Å². The second-order valence-corrected chi connectivity index (χ2v) is 6.89. The number of tetrazole rings is 1. The summed E-state index contributed by atoms with van der Waals surface area (Å²) in [6.45, 7) is 8.43. The average Bonchev–Trinajstić information content (AvgIpc) is 2.92. The van der Waals surface area contributed by atoms with Gasteiger partial charge >= 0.3 is 0 Å². The largest absolute Gasteiger partial charge is 0.214 e. The van der Waals surface area contributed by atoms with Crippen LogP contribution in [-0.4, -0.2) is 20.2 Å². The fourth-order valence-corrected chi connectivity index (χ4v) is 3.58. The predicted octanol–water partition coefficient (Wildman–Crippen LogP) is 4.19. The van der Waals surface area contributed by atoms with Crippen LogP contribution in [0.25, 0.3) is 5.69 Å². The van der Waals surface area contributed by atoms with E-state index in [9.17, 15) is 0 Å². The van der Waals surface area contributed by atoms with Gasteiger partial charge in [-0.15, -0.1) is 5.10 Å². The highest BCUT2D eigenvalue weighted by atomic mass is 32.2. The maximum Gasteiger partial charge on any atom is 0.214 e. The first-order chi connectivity index (χ1) is 11.0. The molecule has 0 aliphatic carbocycles. The van der Waals surface area contributed by atoms with Gasteiger partial charge in [-0.05, 0) is 55.3 Å². The third kappa shape index (κ3) is 3.62. The predicted molar refractivity (Wildman–Crippen MR) is 94.1 cm³/mol. The topological polar surface area (TPSA) is 43.6 Å². The van der Waals surface area contributed by atoms with E-state index in [-0.39, 0.29) is 0 Å². The van der Waals surface area contributed by atoms with Gasteiger partial charge in [-0.1, -0.05) is 58.8 Å². The minimum absolute atomic E-state index is 0.816. The quantitative estimate of drug-likeness (QED) is 0.675. The molecule has 1 aromatic heterocycles. The molecule has 0 saturated heterocycles. The van der Waals surface area contributed by atoms with Gasteiger partial charge < -0.3 is 0 Å². The van der Waals surface area contributed by atoms with E-state index in [0.717, 1.165) is 16.6 Å². The summed E-state index contributed by atoms with van der Waals surface area (Å²) in [6, 6.07) is 12.9. The lowest BCUT2D eigenvalue weighted by atomic mass is 10.1. The van der Waals surface area contributed by atoms with Crippen molar-refractivity contribution in [2.45, 2.75) is 38.6 Å². The average molecular weight is 324 g/mol. The van der Waals surface area contributed by atoms with Crippen LogP contribution in [0, 0.1) is 27.7 Å². The van der Waals surface area contributed by atoms with E-state index < -0.39 is 0 Å². The van der Waals surface area contributed by atoms with Crippen LogP contribution < -0.4 is 0 Å². The number of hydrogen-bond donors (Lipinski definition) is 0. The molecule has 0 saturated carbocycles. The smallest absolute Gasteiger partial charge is 0.187 e. The molecule has 0 bridgehead atoms. The summed E-state index contributed by atoms with van der Waals surface area (Å²) < 4.78 is 1.82. The number of hydrogen-bond acceptors (Lipinski definition) is 4. The number of thioether (sulfide) groups is 1. The third-order valence-electron chi connectivity index (χ3n) is 3.67. The highest BCUT2D eigenvalue weighted by Crippen LogP contribution is 2.25. The number of nitrogens with zero attached hydrogens (tertiary/aromatic N) is 4. The van der Waals surface area contributed by atoms with E-state index in [1.54, 1.807) is 11.8 Å². The van der Waals surface area contributed by atoms with E-state index in [1.807, 2.05) is 4.68 Å². The molecule has 3 aromatic rings. The highest BCUT2D eigenvalue weighted by Gasteiger charge is 2.11. The van der Waals surface area contributed by atoms with Crippen molar-refractivity contribution in [2.24, 2.45) is 0 Å². The third-order valence-corrected chi connectivity index (χ3v) is 4.66. The fraction of sp³-hybridized carbons (Fsp3) is 0.278. The zero-order valence-electron chi connectivity index (χ0n) is 13.9. The Morgan fingerprint density at radius 3 is 2.35 bits per heavy atom. The lowest BCUT2D eigenvalue weighted by Gasteiger charge is -2.09. The van der Waals surface area contributed by atoms with Gasteiger partial charge in [-0.3, -0.25) is 0 Å². The maximum atomic E-state index is 4.18. The standard InChI is InChI=1S/C18H20N4S/c1-12-5-6-17(15(4)8-12)22-18(19-20-21-22)23-11-16-9-13(2)7-14(3)10-16/h5-10H,11H2,1-4H3. The number of aryl methyl sites for hydroxylation is 4. The second kappa shape index (κ2) is 6.54. The monoisotopic (exact) mass is 324 g/mol. The molecule has 2 aromatic carbocycles. The number of benzene rings is 2. The van der Waals surface area contributed by atoms with E-state index in [4.69, 9.17) is 0 Å². The zero-order valence-corrected chi connectivity index (χ0v) is 14.7. The van der Waals surface area contributed by atoms with Crippen LogP contribution in [0.15, 0.2) is 41.6 Å². The Balaban J connectivity index is 1.84. The van der Waals surface area contributed by atoms with Gasteiger partial charge in [0.1, 0.15) is 0 Å². The van der Waals surface area contributed by atoms with Crippen LogP contribution in [0.2, 0.25) is 0 Å². The molecule has 0 N–H and O–H groups in total. The molecule has 0 spiro atoms. The van der Waals surface area contributed by atoms with Crippen molar-refractivity contribution in [1.29, 1.82) is 0 Å². The summed E-state index contributed by atoms with van der Waals surface area (Å²) in [7, 11) is 0. The van der Waals surface area contributed by atoms with Crippen LogP contribution in [0.5, 0.6) is 0 Å². The van der Waals surface area contributed by atoms with Crippen LogP contribution >= 0.6 is 11.8 Å². The lowest BCUT2D eigenvalue weighted by molar-refractivity contribution is 0.751. The Hall–Kier alpha value is -2.14. The van der Waals surface area contributed by atoms with Crippen LogP contribution in [0.4, 0.5) is 0 Å². The molecule has 118 valence electrons. The van der Waals surface area contributed by atoms with Crippen molar-refractivity contribution in [3.8, 4) is 5.69 Å². The first-order valence-electron chi connectivity index (χ1n) is 7.59. The molecular formula is C18H20N4S. The molecule has 0 radical (unpaired) electrons. The van der Waals surface area contributed by atoms with Crippen molar-refractivity contribution in [1.82, 2.24) is 20.2 Å². The van der Waals surface area contributed by atoms with Crippen molar-refractivity contribution < 1.29 is 0 Å². The highest BCUT2D eigenvalue weighted by molar-refractivity contribution is 7.98. The Kier molecular flexibility index (Phi) is 4.48. The van der Waals surface area contributed by atoms with Gasteiger partial charge in [0, 0.05) is 5.75 Å². The Labute approximate surface area is 140 Å². The Morgan fingerprint density at radius 2 is 1.65 bits per heavy atom. The van der Waals surface area contributed by atoms with Gasteiger partial charge in [-0.2, -0.15) is 4.68 Å². The zero-order chi connectivity index (χ0) is 16.4. The molecule has 0 aliphatic heterocycles. The Bertz CT molecular complexity index is 819. The molecule has 0 unspecified atom stereocenters. The first kappa shape index (κ1) is 15.7. The van der Waals surface area contributed by atoms with Gasteiger partial charge in [0.05, 0.1) is 5.69 Å². The SMILES string of the molecule is Cc1cc(C)cc(CSc2nnnn2-c2ccc(C)cc2C)c1.